The van der Waals surface area contributed by atoms with Crippen molar-refractivity contribution in [1.29, 1.82) is 0 Å². The number of furan rings is 1. The molecular weight excluding hydrogens is 352 g/mol. The maximum atomic E-state index is 6.16. The average molecular weight is 370 g/mol. The highest BCUT2D eigenvalue weighted by Gasteiger charge is 2.18. The molecule has 4 heteroatoms. The second-order valence-electron chi connectivity index (χ2n) is 7.35. The zero-order valence-electron chi connectivity index (χ0n) is 15.1. The molecule has 1 aromatic carbocycles. The van der Waals surface area contributed by atoms with Gasteiger partial charge in [0.1, 0.15) is 10.4 Å². The highest BCUT2D eigenvalue weighted by molar-refractivity contribution is 7.18. The second kappa shape index (κ2) is 5.64. The third kappa shape index (κ3) is 2.26. The summed E-state index contributed by atoms with van der Waals surface area (Å²) >= 11 is 1.87. The Morgan fingerprint density at radius 3 is 2.74 bits per heavy atom. The quantitative estimate of drug-likeness (QED) is 0.340. The van der Waals surface area contributed by atoms with Crippen molar-refractivity contribution in [3.05, 3.63) is 58.6 Å². The van der Waals surface area contributed by atoms with Crippen LogP contribution in [-0.4, -0.2) is 9.97 Å². The van der Waals surface area contributed by atoms with E-state index in [1.807, 2.05) is 24.3 Å². The standard InChI is InChI=1S/C23H18N2OS/c1-13-9-10-16-15-6-4-7-18(21(15)26-22(16)24-13)19-12-11-17-14-5-2-3-8-20(14)27-23(17)25-19/h4,6-7,9-12H,2-3,5,8H2,1H3. The minimum absolute atomic E-state index is 0.699. The monoisotopic (exact) mass is 370 g/mol. The first-order valence-electron chi connectivity index (χ1n) is 9.48. The first-order valence-corrected chi connectivity index (χ1v) is 10.3. The lowest BCUT2D eigenvalue weighted by molar-refractivity contribution is 0.653. The number of pyridine rings is 2. The molecule has 132 valence electrons. The first-order chi connectivity index (χ1) is 13.3. The molecule has 0 radical (unpaired) electrons. The third-order valence-corrected chi connectivity index (χ3v) is 6.80. The number of rotatable bonds is 1. The predicted molar refractivity (Wildman–Crippen MR) is 112 cm³/mol. The van der Waals surface area contributed by atoms with Gasteiger partial charge in [-0.15, -0.1) is 11.3 Å². The Morgan fingerprint density at radius 1 is 0.889 bits per heavy atom. The molecule has 4 heterocycles. The molecule has 0 saturated heterocycles. The number of aryl methyl sites for hydroxylation is 3. The highest BCUT2D eigenvalue weighted by atomic mass is 32.1. The molecule has 6 rings (SSSR count). The van der Waals surface area contributed by atoms with E-state index < -0.39 is 0 Å². The second-order valence-corrected chi connectivity index (χ2v) is 8.43. The van der Waals surface area contributed by atoms with Gasteiger partial charge < -0.3 is 4.42 Å². The molecule has 0 N–H and O–H groups in total. The van der Waals surface area contributed by atoms with Crippen molar-refractivity contribution >= 4 is 43.6 Å². The minimum atomic E-state index is 0.699. The summed E-state index contributed by atoms with van der Waals surface area (Å²) in [5.41, 5.74) is 6.08. The molecule has 0 amide bonds. The smallest absolute Gasteiger partial charge is 0.227 e. The fourth-order valence-electron chi connectivity index (χ4n) is 4.26. The number of para-hydroxylation sites is 1. The maximum absolute atomic E-state index is 6.16. The van der Waals surface area contributed by atoms with Crippen LogP contribution >= 0.6 is 11.3 Å². The zero-order valence-corrected chi connectivity index (χ0v) is 15.9. The van der Waals surface area contributed by atoms with Crippen molar-refractivity contribution < 1.29 is 4.42 Å². The van der Waals surface area contributed by atoms with Crippen molar-refractivity contribution in [2.24, 2.45) is 0 Å². The van der Waals surface area contributed by atoms with Gasteiger partial charge in [0.25, 0.3) is 0 Å². The van der Waals surface area contributed by atoms with Crippen molar-refractivity contribution in [2.45, 2.75) is 32.6 Å². The van der Waals surface area contributed by atoms with Crippen molar-refractivity contribution in [2.75, 3.05) is 0 Å². The molecule has 0 saturated carbocycles. The van der Waals surface area contributed by atoms with E-state index in [-0.39, 0.29) is 0 Å². The topological polar surface area (TPSA) is 38.9 Å². The van der Waals surface area contributed by atoms with Gasteiger partial charge >= 0.3 is 0 Å². The molecule has 4 aromatic heterocycles. The van der Waals surface area contributed by atoms with Crippen LogP contribution in [0.4, 0.5) is 0 Å². The Kier molecular flexibility index (Phi) is 3.20. The number of hydrogen-bond acceptors (Lipinski definition) is 4. The van der Waals surface area contributed by atoms with Gasteiger partial charge in [-0.05, 0) is 68.5 Å². The fraction of sp³-hybridized carbons (Fsp3) is 0.217. The van der Waals surface area contributed by atoms with Crippen LogP contribution in [0, 0.1) is 6.92 Å². The Balaban J connectivity index is 1.59. The van der Waals surface area contributed by atoms with Crippen LogP contribution in [0.3, 0.4) is 0 Å². The van der Waals surface area contributed by atoms with Gasteiger partial charge in [-0.3, -0.25) is 0 Å². The molecule has 0 aliphatic heterocycles. The molecule has 0 atom stereocenters. The molecule has 0 fully saturated rings. The number of aromatic nitrogens is 2. The summed E-state index contributed by atoms with van der Waals surface area (Å²) in [6.45, 7) is 1.99. The first kappa shape index (κ1) is 15.3. The van der Waals surface area contributed by atoms with E-state index in [1.54, 1.807) is 0 Å². The molecule has 1 aliphatic carbocycles. The molecule has 0 bridgehead atoms. The summed E-state index contributed by atoms with van der Waals surface area (Å²) in [7, 11) is 0. The van der Waals surface area contributed by atoms with Crippen LogP contribution in [0.1, 0.15) is 29.0 Å². The van der Waals surface area contributed by atoms with E-state index in [2.05, 4.69) is 41.4 Å². The van der Waals surface area contributed by atoms with E-state index in [1.165, 1.54) is 41.5 Å². The Morgan fingerprint density at radius 2 is 1.78 bits per heavy atom. The Hall–Kier alpha value is -2.72. The molecule has 0 unspecified atom stereocenters. The minimum Gasteiger partial charge on any atom is -0.437 e. The van der Waals surface area contributed by atoms with E-state index >= 15 is 0 Å². The normalized spacial score (nSPS) is 14.3. The number of nitrogens with zero attached hydrogens (tertiary/aromatic N) is 2. The Labute approximate surface area is 160 Å². The van der Waals surface area contributed by atoms with Gasteiger partial charge in [-0.25, -0.2) is 9.97 Å². The van der Waals surface area contributed by atoms with Gasteiger partial charge in [0.15, 0.2) is 0 Å². The van der Waals surface area contributed by atoms with Crippen molar-refractivity contribution in [3.8, 4) is 11.3 Å². The summed E-state index contributed by atoms with van der Waals surface area (Å²) < 4.78 is 6.16. The summed E-state index contributed by atoms with van der Waals surface area (Å²) in [6.07, 6.45) is 5.00. The molecule has 0 spiro atoms. The molecular formula is C23H18N2OS. The SMILES string of the molecule is Cc1ccc2c(n1)oc1c(-c3ccc4c5c(sc4n3)CCCC5)cccc12. The van der Waals surface area contributed by atoms with E-state index in [0.717, 1.165) is 38.1 Å². The summed E-state index contributed by atoms with van der Waals surface area (Å²) in [6, 6.07) is 14.8. The summed E-state index contributed by atoms with van der Waals surface area (Å²) in [5.74, 6) is 0. The fourth-order valence-corrected chi connectivity index (χ4v) is 5.52. The number of hydrogen-bond donors (Lipinski definition) is 0. The predicted octanol–water partition coefficient (Wildman–Crippen LogP) is 6.44. The third-order valence-electron chi connectivity index (χ3n) is 5.60. The highest BCUT2D eigenvalue weighted by Crippen LogP contribution is 2.39. The van der Waals surface area contributed by atoms with Gasteiger partial charge in [0.2, 0.25) is 5.71 Å². The zero-order chi connectivity index (χ0) is 18.0. The van der Waals surface area contributed by atoms with Crippen LogP contribution in [0.2, 0.25) is 0 Å². The Bertz CT molecular complexity index is 1350. The number of thiophene rings is 1. The van der Waals surface area contributed by atoms with Crippen LogP contribution in [0.15, 0.2) is 46.9 Å². The van der Waals surface area contributed by atoms with Gasteiger partial charge in [0, 0.05) is 32.3 Å². The molecule has 1 aliphatic rings. The van der Waals surface area contributed by atoms with Crippen LogP contribution in [-0.2, 0) is 12.8 Å². The average Bonchev–Trinajstić information content (AvgIpc) is 3.24. The van der Waals surface area contributed by atoms with Gasteiger partial charge in [0.05, 0.1) is 5.69 Å². The van der Waals surface area contributed by atoms with E-state index in [9.17, 15) is 0 Å². The van der Waals surface area contributed by atoms with E-state index in [4.69, 9.17) is 9.40 Å². The molecule has 3 nitrogen and oxygen atoms in total. The lowest BCUT2D eigenvalue weighted by Crippen LogP contribution is -1.97. The summed E-state index contributed by atoms with van der Waals surface area (Å²) in [5, 5.41) is 3.50. The van der Waals surface area contributed by atoms with Gasteiger partial charge in [-0.2, -0.15) is 0 Å². The lowest BCUT2D eigenvalue weighted by atomic mass is 9.96. The van der Waals surface area contributed by atoms with Gasteiger partial charge in [-0.1, -0.05) is 12.1 Å². The van der Waals surface area contributed by atoms with Crippen LogP contribution < -0.4 is 0 Å². The summed E-state index contributed by atoms with van der Waals surface area (Å²) in [4.78, 5) is 12.3. The van der Waals surface area contributed by atoms with Crippen molar-refractivity contribution in [1.82, 2.24) is 9.97 Å². The van der Waals surface area contributed by atoms with E-state index in [0.29, 0.717) is 5.71 Å². The lowest BCUT2D eigenvalue weighted by Gasteiger charge is -2.10. The molecule has 27 heavy (non-hydrogen) atoms. The van der Waals surface area contributed by atoms with Crippen LogP contribution in [0.25, 0.3) is 43.5 Å². The number of benzene rings is 1. The maximum Gasteiger partial charge on any atom is 0.227 e. The molecule has 5 aromatic rings. The van der Waals surface area contributed by atoms with Crippen molar-refractivity contribution in [3.63, 3.8) is 0 Å². The number of fused-ring (bicyclic) bond motifs is 6. The van der Waals surface area contributed by atoms with Crippen LogP contribution in [0.5, 0.6) is 0 Å². The largest absolute Gasteiger partial charge is 0.437 e.